The van der Waals surface area contributed by atoms with Crippen molar-refractivity contribution in [1.29, 1.82) is 5.26 Å². The Hall–Kier alpha value is -1.83. The molecule has 0 spiro atoms. The van der Waals surface area contributed by atoms with E-state index < -0.39 is 6.04 Å². The number of H-pyrrole nitrogens is 1. The number of nitrogens with one attached hydrogen (secondary N) is 2. The van der Waals surface area contributed by atoms with E-state index in [9.17, 15) is 0 Å². The number of aromatic nitrogens is 2. The third-order valence-corrected chi connectivity index (χ3v) is 2.78. The first-order chi connectivity index (χ1) is 8.31. The number of hydrogen-bond donors (Lipinski definition) is 2. The summed E-state index contributed by atoms with van der Waals surface area (Å²) in [6.07, 6.45) is 3.18. The zero-order chi connectivity index (χ0) is 12.1. The van der Waals surface area contributed by atoms with Crippen molar-refractivity contribution in [2.24, 2.45) is 0 Å². The molecule has 17 heavy (non-hydrogen) atoms. The fourth-order valence-corrected chi connectivity index (χ4v) is 1.71. The van der Waals surface area contributed by atoms with Crippen molar-refractivity contribution in [1.82, 2.24) is 15.3 Å². The molecule has 1 atom stereocenters. The van der Waals surface area contributed by atoms with E-state index in [0.29, 0.717) is 11.6 Å². The molecule has 0 saturated heterocycles. The van der Waals surface area contributed by atoms with Crippen molar-refractivity contribution < 1.29 is 0 Å². The van der Waals surface area contributed by atoms with E-state index in [1.807, 2.05) is 24.3 Å². The van der Waals surface area contributed by atoms with Gasteiger partial charge in [-0.3, -0.25) is 5.32 Å². The van der Waals surface area contributed by atoms with Crippen molar-refractivity contribution in [2.75, 3.05) is 0 Å². The van der Waals surface area contributed by atoms with E-state index in [1.54, 1.807) is 12.5 Å². The van der Waals surface area contributed by atoms with Gasteiger partial charge in [-0.1, -0.05) is 29.8 Å². The van der Waals surface area contributed by atoms with Crippen molar-refractivity contribution >= 4 is 11.6 Å². The summed E-state index contributed by atoms with van der Waals surface area (Å²) in [5.41, 5.74) is 1.72. The van der Waals surface area contributed by atoms with Crippen LogP contribution in [-0.4, -0.2) is 9.97 Å². The average molecular weight is 247 g/mol. The molecule has 0 radical (unpaired) electrons. The second kappa shape index (κ2) is 5.48. The number of nitrogens with zero attached hydrogens (tertiary/aromatic N) is 2. The number of halogens is 1. The maximum Gasteiger partial charge on any atom is 0.138 e. The zero-order valence-electron chi connectivity index (χ0n) is 9.02. The first kappa shape index (κ1) is 11.6. The lowest BCUT2D eigenvalue weighted by Crippen LogP contribution is -2.19. The Labute approximate surface area is 104 Å². The fourth-order valence-electron chi connectivity index (χ4n) is 1.50. The smallest absolute Gasteiger partial charge is 0.138 e. The van der Waals surface area contributed by atoms with Crippen LogP contribution in [0, 0.1) is 11.3 Å². The van der Waals surface area contributed by atoms with Gasteiger partial charge in [-0.25, -0.2) is 4.98 Å². The van der Waals surface area contributed by atoms with Crippen LogP contribution < -0.4 is 5.32 Å². The topological polar surface area (TPSA) is 64.5 Å². The quantitative estimate of drug-likeness (QED) is 0.871. The normalized spacial score (nSPS) is 12.0. The van der Waals surface area contributed by atoms with Gasteiger partial charge in [0.05, 0.1) is 24.3 Å². The molecule has 0 fully saturated rings. The van der Waals surface area contributed by atoms with Gasteiger partial charge in [-0.2, -0.15) is 5.26 Å². The monoisotopic (exact) mass is 246 g/mol. The van der Waals surface area contributed by atoms with Crippen LogP contribution in [0.2, 0.25) is 5.02 Å². The first-order valence-electron chi connectivity index (χ1n) is 5.16. The number of aromatic amines is 1. The molecular formula is C12H11ClN4. The molecular weight excluding hydrogens is 236 g/mol. The molecule has 2 aromatic rings. The number of rotatable bonds is 4. The van der Waals surface area contributed by atoms with E-state index in [-0.39, 0.29) is 0 Å². The van der Waals surface area contributed by atoms with Gasteiger partial charge in [0.15, 0.2) is 0 Å². The third-order valence-electron chi connectivity index (χ3n) is 2.41. The maximum atomic E-state index is 9.05. The molecule has 0 bridgehead atoms. The lowest BCUT2D eigenvalue weighted by atomic mass is 10.2. The zero-order valence-corrected chi connectivity index (χ0v) is 9.78. The first-order valence-corrected chi connectivity index (χ1v) is 5.53. The summed E-state index contributed by atoms with van der Waals surface area (Å²) in [6.45, 7) is 0.539. The minimum Gasteiger partial charge on any atom is -0.346 e. The van der Waals surface area contributed by atoms with Crippen LogP contribution in [0.4, 0.5) is 0 Å². The Morgan fingerprint density at radius 2 is 2.29 bits per heavy atom. The molecule has 1 unspecified atom stereocenters. The highest BCUT2D eigenvalue weighted by atomic mass is 35.5. The van der Waals surface area contributed by atoms with Gasteiger partial charge in [0.25, 0.3) is 0 Å². The van der Waals surface area contributed by atoms with Crippen LogP contribution in [0.1, 0.15) is 17.3 Å². The largest absolute Gasteiger partial charge is 0.346 e. The van der Waals surface area contributed by atoms with Gasteiger partial charge in [-0.15, -0.1) is 0 Å². The number of nitriles is 1. The van der Waals surface area contributed by atoms with E-state index in [1.165, 1.54) is 0 Å². The summed E-state index contributed by atoms with van der Waals surface area (Å²) in [5, 5.41) is 12.9. The van der Waals surface area contributed by atoms with Gasteiger partial charge >= 0.3 is 0 Å². The summed E-state index contributed by atoms with van der Waals surface area (Å²) < 4.78 is 0. The molecule has 1 aromatic carbocycles. The van der Waals surface area contributed by atoms with Crippen LogP contribution in [0.3, 0.4) is 0 Å². The van der Waals surface area contributed by atoms with Gasteiger partial charge < -0.3 is 4.98 Å². The van der Waals surface area contributed by atoms with Crippen molar-refractivity contribution in [2.45, 2.75) is 12.6 Å². The van der Waals surface area contributed by atoms with Gasteiger partial charge in [-0.05, 0) is 11.6 Å². The molecule has 1 aromatic heterocycles. The molecule has 2 N–H and O–H groups in total. The Morgan fingerprint density at radius 3 is 2.94 bits per heavy atom. The number of benzene rings is 1. The van der Waals surface area contributed by atoms with Crippen molar-refractivity contribution in [3.63, 3.8) is 0 Å². The molecule has 0 aliphatic rings. The Morgan fingerprint density at radius 1 is 1.47 bits per heavy atom. The SMILES string of the molecule is N#CC(NCc1ccccc1Cl)c1cnc[nH]1. The average Bonchev–Trinajstić information content (AvgIpc) is 2.86. The standard InChI is InChI=1S/C12H11ClN4/c13-10-4-2-1-3-9(10)6-16-11(5-14)12-7-15-8-17-12/h1-4,7-8,11,16H,6H2,(H,15,17). The summed E-state index contributed by atoms with van der Waals surface area (Å²) in [6, 6.07) is 9.31. The molecule has 5 heteroatoms. The lowest BCUT2D eigenvalue weighted by molar-refractivity contribution is 0.619. The fraction of sp³-hybridized carbons (Fsp3) is 0.167. The second-order valence-corrected chi connectivity index (χ2v) is 3.95. The van der Waals surface area contributed by atoms with E-state index >= 15 is 0 Å². The summed E-state index contributed by atoms with van der Waals surface area (Å²) in [7, 11) is 0. The maximum absolute atomic E-state index is 9.05. The molecule has 1 heterocycles. The van der Waals surface area contributed by atoms with Crippen LogP contribution in [0.25, 0.3) is 0 Å². The Balaban J connectivity index is 2.03. The number of hydrogen-bond acceptors (Lipinski definition) is 3. The van der Waals surface area contributed by atoms with Crippen LogP contribution in [0.5, 0.6) is 0 Å². The summed E-state index contributed by atoms with van der Waals surface area (Å²) in [5.74, 6) is 0. The molecule has 86 valence electrons. The molecule has 2 rings (SSSR count). The molecule has 0 aliphatic heterocycles. The minimum absolute atomic E-state index is 0.409. The predicted octanol–water partition coefficient (Wildman–Crippen LogP) is 2.42. The third kappa shape index (κ3) is 2.84. The van der Waals surface area contributed by atoms with Gasteiger partial charge in [0, 0.05) is 11.6 Å². The van der Waals surface area contributed by atoms with Crippen LogP contribution in [-0.2, 0) is 6.54 Å². The van der Waals surface area contributed by atoms with E-state index in [0.717, 1.165) is 11.3 Å². The van der Waals surface area contributed by atoms with Crippen molar-refractivity contribution in [3.05, 3.63) is 53.1 Å². The van der Waals surface area contributed by atoms with Gasteiger partial charge in [0.2, 0.25) is 0 Å². The number of imidazole rings is 1. The van der Waals surface area contributed by atoms with E-state index in [4.69, 9.17) is 16.9 Å². The Kier molecular flexibility index (Phi) is 3.76. The molecule has 0 amide bonds. The van der Waals surface area contributed by atoms with Crippen molar-refractivity contribution in [3.8, 4) is 6.07 Å². The summed E-state index contributed by atoms with van der Waals surface area (Å²) in [4.78, 5) is 6.80. The Bertz CT molecular complexity index is 516. The second-order valence-electron chi connectivity index (χ2n) is 3.54. The van der Waals surface area contributed by atoms with Crippen LogP contribution in [0.15, 0.2) is 36.8 Å². The van der Waals surface area contributed by atoms with Crippen LogP contribution >= 0.6 is 11.6 Å². The highest BCUT2D eigenvalue weighted by Crippen LogP contribution is 2.16. The lowest BCUT2D eigenvalue weighted by Gasteiger charge is -2.10. The predicted molar refractivity (Wildman–Crippen MR) is 65.2 cm³/mol. The van der Waals surface area contributed by atoms with E-state index in [2.05, 4.69) is 21.4 Å². The highest BCUT2D eigenvalue weighted by molar-refractivity contribution is 6.31. The molecule has 4 nitrogen and oxygen atoms in total. The molecule has 0 aliphatic carbocycles. The van der Waals surface area contributed by atoms with Gasteiger partial charge in [0.1, 0.15) is 6.04 Å². The summed E-state index contributed by atoms with van der Waals surface area (Å²) >= 11 is 6.03. The highest BCUT2D eigenvalue weighted by Gasteiger charge is 2.11. The molecule has 0 saturated carbocycles. The minimum atomic E-state index is -0.409.